The second kappa shape index (κ2) is 7.20. The number of aryl methyl sites for hydroxylation is 1. The highest BCUT2D eigenvalue weighted by Gasteiger charge is 2.54. The first-order chi connectivity index (χ1) is 12.5. The van der Waals surface area contributed by atoms with Gasteiger partial charge in [0.15, 0.2) is 0 Å². The lowest BCUT2D eigenvalue weighted by atomic mass is 9.96. The van der Waals surface area contributed by atoms with Crippen molar-refractivity contribution in [2.24, 2.45) is 5.92 Å². The Bertz CT molecular complexity index is 962. The molecule has 148 valence electrons. The third kappa shape index (κ3) is 3.92. The van der Waals surface area contributed by atoms with Crippen LogP contribution in [0.2, 0.25) is 0 Å². The Labute approximate surface area is 160 Å². The van der Waals surface area contributed by atoms with Gasteiger partial charge in [0.2, 0.25) is 0 Å². The van der Waals surface area contributed by atoms with Gasteiger partial charge in [0, 0.05) is 24.4 Å². The Morgan fingerprint density at radius 1 is 1.33 bits per heavy atom. The Morgan fingerprint density at radius 2 is 2.00 bits per heavy atom. The van der Waals surface area contributed by atoms with Crippen LogP contribution in [0.25, 0.3) is 10.6 Å². The van der Waals surface area contributed by atoms with Gasteiger partial charge in [-0.2, -0.15) is 17.5 Å². The van der Waals surface area contributed by atoms with Crippen LogP contribution in [-0.4, -0.2) is 52.2 Å². The van der Waals surface area contributed by atoms with Crippen molar-refractivity contribution in [2.75, 3.05) is 13.1 Å². The lowest BCUT2D eigenvalue weighted by Gasteiger charge is -2.37. The molecule has 3 rings (SSSR count). The van der Waals surface area contributed by atoms with E-state index in [1.807, 2.05) is 0 Å². The number of aromatic nitrogens is 2. The fourth-order valence-corrected chi connectivity index (χ4v) is 5.33. The molecule has 0 spiro atoms. The summed E-state index contributed by atoms with van der Waals surface area (Å²) >= 11 is 2.52. The van der Waals surface area contributed by atoms with Crippen LogP contribution in [0.3, 0.4) is 0 Å². The molecule has 7 nitrogen and oxygen atoms in total. The summed E-state index contributed by atoms with van der Waals surface area (Å²) < 4.78 is 60.1. The first-order valence-corrected chi connectivity index (χ1v) is 10.8. The number of aliphatic hydroxyl groups is 1. The number of hydrogen-bond donors (Lipinski definition) is 1. The highest BCUT2D eigenvalue weighted by molar-refractivity contribution is 7.90. The van der Waals surface area contributed by atoms with Crippen molar-refractivity contribution >= 4 is 38.5 Å². The number of rotatable bonds is 6. The average Bonchev–Trinajstić information content (AvgIpc) is 3.10. The van der Waals surface area contributed by atoms with Crippen LogP contribution >= 0.6 is 22.7 Å². The lowest BCUT2D eigenvalue weighted by molar-refractivity contribution is -0.125. The largest absolute Gasteiger partial charge is 0.511 e. The molecule has 0 aromatic carbocycles. The van der Waals surface area contributed by atoms with Crippen LogP contribution in [0, 0.1) is 12.8 Å². The van der Waals surface area contributed by atoms with Crippen molar-refractivity contribution in [2.45, 2.75) is 25.5 Å². The van der Waals surface area contributed by atoms with Crippen molar-refractivity contribution in [1.29, 1.82) is 0 Å². The van der Waals surface area contributed by atoms with Crippen molar-refractivity contribution in [3.63, 3.8) is 0 Å². The molecule has 3 heterocycles. The molecule has 1 N–H and O–H groups in total. The number of ketones is 1. The molecular formula is C14H14F3N3O4S3. The fraction of sp³-hybridized carbons (Fsp3) is 0.500. The zero-order valence-electron chi connectivity index (χ0n) is 13.9. The highest BCUT2D eigenvalue weighted by Crippen LogP contribution is 2.34. The van der Waals surface area contributed by atoms with Crippen LogP contribution in [0.15, 0.2) is 5.38 Å². The van der Waals surface area contributed by atoms with E-state index in [0.29, 0.717) is 21.4 Å². The molecule has 1 saturated heterocycles. The molecular weight excluding hydrogens is 427 g/mol. The van der Waals surface area contributed by atoms with Gasteiger partial charge in [-0.15, -0.1) is 22.7 Å². The molecule has 0 radical (unpaired) electrons. The van der Waals surface area contributed by atoms with Gasteiger partial charge in [-0.3, -0.25) is 4.79 Å². The maximum atomic E-state index is 12.5. The van der Waals surface area contributed by atoms with Crippen LogP contribution in [0.4, 0.5) is 13.2 Å². The normalized spacial score (nSPS) is 16.5. The van der Waals surface area contributed by atoms with E-state index < -0.39 is 34.5 Å². The average molecular weight is 441 g/mol. The second-order valence-corrected chi connectivity index (χ2v) is 9.87. The summed E-state index contributed by atoms with van der Waals surface area (Å²) in [4.78, 5) is 21.5. The quantitative estimate of drug-likeness (QED) is 0.736. The van der Waals surface area contributed by atoms with E-state index in [4.69, 9.17) is 5.11 Å². The Kier molecular flexibility index (Phi) is 5.42. The van der Waals surface area contributed by atoms with Gasteiger partial charge >= 0.3 is 15.5 Å². The number of alkyl halides is 3. The van der Waals surface area contributed by atoms with Crippen LogP contribution in [0.5, 0.6) is 0 Å². The molecule has 0 amide bonds. The van der Waals surface area contributed by atoms with Crippen LogP contribution in [-0.2, 0) is 27.8 Å². The van der Waals surface area contributed by atoms with Gasteiger partial charge in [-0.05, 0) is 6.92 Å². The third-order valence-electron chi connectivity index (χ3n) is 4.02. The first kappa shape index (κ1) is 20.3. The minimum Gasteiger partial charge on any atom is -0.389 e. The van der Waals surface area contributed by atoms with Gasteiger partial charge in [0.05, 0.1) is 29.3 Å². The minimum absolute atomic E-state index is 0.0695. The molecule has 1 aliphatic rings. The molecule has 2 aromatic heterocycles. The predicted octanol–water partition coefficient (Wildman–Crippen LogP) is 1.96. The molecule has 0 atom stereocenters. The van der Waals surface area contributed by atoms with E-state index in [1.165, 1.54) is 22.7 Å². The van der Waals surface area contributed by atoms with Gasteiger partial charge in [-0.1, -0.05) is 0 Å². The van der Waals surface area contributed by atoms with Gasteiger partial charge in [0.1, 0.15) is 15.8 Å². The number of thiazole rings is 2. The zero-order valence-corrected chi connectivity index (χ0v) is 16.3. The maximum absolute atomic E-state index is 12.5. The molecule has 13 heteroatoms. The number of carbonyl (C=O) groups excluding carboxylic acids is 1. The van der Waals surface area contributed by atoms with Crippen LogP contribution in [0.1, 0.15) is 15.7 Å². The van der Waals surface area contributed by atoms with E-state index in [0.717, 1.165) is 4.88 Å². The van der Waals surface area contributed by atoms with Gasteiger partial charge in [-0.25, -0.2) is 18.4 Å². The summed E-state index contributed by atoms with van der Waals surface area (Å²) in [7, 11) is -5.37. The smallest absolute Gasteiger partial charge is 0.389 e. The number of Topliss-reactive ketones (excluding diaryl/α,β-unsaturated/α-hetero) is 1. The fourth-order valence-electron chi connectivity index (χ4n) is 2.53. The van der Waals surface area contributed by atoms with Crippen molar-refractivity contribution < 1.29 is 31.5 Å². The number of carbonyl (C=O) groups is 1. The lowest BCUT2D eigenvalue weighted by Crippen LogP contribution is -2.56. The number of aliphatic hydroxyl groups excluding tert-OH is 1. The summed E-state index contributed by atoms with van der Waals surface area (Å²) in [5, 5.41) is 11.9. The number of hydrogen-bond acceptors (Lipinski definition) is 8. The Hall–Kier alpha value is -1.41. The molecule has 1 aliphatic heterocycles. The van der Waals surface area contributed by atoms with E-state index >= 15 is 0 Å². The van der Waals surface area contributed by atoms with E-state index in [-0.39, 0.29) is 23.1 Å². The molecule has 2 aromatic rings. The molecule has 0 bridgehead atoms. The molecule has 1 fully saturated rings. The molecule has 0 unspecified atom stereocenters. The molecule has 0 saturated carbocycles. The highest BCUT2D eigenvalue weighted by atomic mass is 32.2. The topological polar surface area (TPSA) is 100 Å². The molecule has 0 aliphatic carbocycles. The SMILES string of the molecule is Cc1nc(CO)sc1-c1csc(CC(=O)C2CN(S(=O)(=O)C(F)(F)F)C2)n1. The minimum atomic E-state index is -5.37. The maximum Gasteiger partial charge on any atom is 0.511 e. The number of halogens is 3. The van der Waals surface area contributed by atoms with Crippen molar-refractivity contribution in [3.8, 4) is 10.6 Å². The summed E-state index contributed by atoms with van der Waals surface area (Å²) in [5.41, 5.74) is -4.03. The summed E-state index contributed by atoms with van der Waals surface area (Å²) in [5.74, 6) is -1.11. The summed E-state index contributed by atoms with van der Waals surface area (Å²) in [6.45, 7) is 0.665. The van der Waals surface area contributed by atoms with E-state index in [1.54, 1.807) is 12.3 Å². The van der Waals surface area contributed by atoms with E-state index in [2.05, 4.69) is 9.97 Å². The number of nitrogens with zero attached hydrogens (tertiary/aromatic N) is 3. The Morgan fingerprint density at radius 3 is 2.56 bits per heavy atom. The monoisotopic (exact) mass is 441 g/mol. The summed E-state index contributed by atoms with van der Waals surface area (Å²) in [6, 6.07) is 0. The summed E-state index contributed by atoms with van der Waals surface area (Å²) in [6.07, 6.45) is -0.0695. The van der Waals surface area contributed by atoms with Crippen LogP contribution < -0.4 is 0 Å². The predicted molar refractivity (Wildman–Crippen MR) is 92.6 cm³/mol. The van der Waals surface area contributed by atoms with Crippen molar-refractivity contribution in [3.05, 3.63) is 21.1 Å². The third-order valence-corrected chi connectivity index (χ3v) is 7.60. The standard InChI is InChI=1S/C14H14F3N3O4S3/c1-7-13(26-12(5-21)18-7)9-6-25-11(19-9)2-10(22)8-3-20(4-8)27(23,24)14(15,16)17/h6,8,21H,2-5H2,1H3. The van der Waals surface area contributed by atoms with E-state index in [9.17, 15) is 26.4 Å². The van der Waals surface area contributed by atoms with Crippen molar-refractivity contribution in [1.82, 2.24) is 14.3 Å². The zero-order chi connectivity index (χ0) is 20.0. The first-order valence-electron chi connectivity index (χ1n) is 7.64. The number of sulfonamides is 1. The van der Waals surface area contributed by atoms with Gasteiger partial charge in [0.25, 0.3) is 0 Å². The molecule has 27 heavy (non-hydrogen) atoms. The second-order valence-electron chi connectivity index (χ2n) is 5.91. The van der Waals surface area contributed by atoms with Gasteiger partial charge < -0.3 is 5.11 Å². The Balaban J connectivity index is 1.62.